The molecule has 0 saturated carbocycles. The number of aldehydes is 1. The normalized spacial score (nSPS) is 20.4. The third kappa shape index (κ3) is 2.38. The van der Waals surface area contributed by atoms with Crippen LogP contribution in [0.15, 0.2) is 12.3 Å². The van der Waals surface area contributed by atoms with Crippen LogP contribution in [0.4, 0.5) is 0 Å². The molecule has 1 aromatic heterocycles. The third-order valence-corrected chi connectivity index (χ3v) is 3.76. The van der Waals surface area contributed by atoms with Gasteiger partial charge in [0.1, 0.15) is 5.75 Å². The fourth-order valence-corrected chi connectivity index (χ4v) is 1.82. The molecule has 0 spiro atoms. The summed E-state index contributed by atoms with van der Waals surface area (Å²) in [5.41, 5.74) is 0.162. The highest BCUT2D eigenvalue weighted by atomic mass is 16.7. The summed E-state index contributed by atoms with van der Waals surface area (Å²) < 4.78 is 16.9. The van der Waals surface area contributed by atoms with Gasteiger partial charge in [-0.1, -0.05) is 0 Å². The van der Waals surface area contributed by atoms with Crippen molar-refractivity contribution >= 4 is 19.0 Å². The SMILES string of the molecule is COc1cc(B2OC(C)(C)C(C)(C)O2)ncc1C=O. The van der Waals surface area contributed by atoms with Crippen LogP contribution in [0, 0.1) is 0 Å². The molecule has 19 heavy (non-hydrogen) atoms. The molecule has 5 nitrogen and oxygen atoms in total. The Bertz CT molecular complexity index is 485. The van der Waals surface area contributed by atoms with Crippen LogP contribution in [0.5, 0.6) is 5.75 Å². The molecule has 0 unspecified atom stereocenters. The van der Waals surface area contributed by atoms with Gasteiger partial charge in [-0.2, -0.15) is 0 Å². The highest BCUT2D eigenvalue weighted by molar-refractivity contribution is 6.61. The van der Waals surface area contributed by atoms with E-state index in [-0.39, 0.29) is 0 Å². The van der Waals surface area contributed by atoms with Gasteiger partial charge in [0.2, 0.25) is 0 Å². The Morgan fingerprint density at radius 3 is 2.32 bits per heavy atom. The Morgan fingerprint density at radius 1 is 1.26 bits per heavy atom. The first-order chi connectivity index (χ1) is 8.80. The van der Waals surface area contributed by atoms with Crippen LogP contribution in [0.3, 0.4) is 0 Å². The minimum Gasteiger partial charge on any atom is -0.496 e. The average Bonchev–Trinajstić information content (AvgIpc) is 2.57. The number of carbonyl (C=O) groups excluding carboxylic acids is 1. The lowest BCUT2D eigenvalue weighted by molar-refractivity contribution is 0.00578. The highest BCUT2D eigenvalue weighted by Gasteiger charge is 2.52. The van der Waals surface area contributed by atoms with E-state index in [9.17, 15) is 4.79 Å². The fraction of sp³-hybridized carbons (Fsp3) is 0.538. The number of methoxy groups -OCH3 is 1. The van der Waals surface area contributed by atoms with E-state index in [1.54, 1.807) is 6.07 Å². The van der Waals surface area contributed by atoms with E-state index in [0.717, 1.165) is 0 Å². The number of ether oxygens (including phenoxy) is 1. The standard InChI is InChI=1S/C13H18BNO4/c1-12(2)13(3,4)19-14(18-12)11-6-10(17-5)9(8-16)7-15-11/h6-8H,1-5H3. The van der Waals surface area contributed by atoms with Crippen molar-refractivity contribution in [3.63, 3.8) is 0 Å². The Balaban J connectivity index is 2.32. The molecule has 102 valence electrons. The van der Waals surface area contributed by atoms with E-state index in [2.05, 4.69) is 4.98 Å². The summed E-state index contributed by atoms with van der Waals surface area (Å²) >= 11 is 0. The topological polar surface area (TPSA) is 57.6 Å². The molecule has 0 radical (unpaired) electrons. The molecule has 0 amide bonds. The second-order valence-corrected chi connectivity index (χ2v) is 5.56. The number of carbonyl (C=O) groups is 1. The van der Waals surface area contributed by atoms with Crippen molar-refractivity contribution < 1.29 is 18.8 Å². The number of hydrogen-bond donors (Lipinski definition) is 0. The second kappa shape index (κ2) is 4.61. The lowest BCUT2D eigenvalue weighted by Gasteiger charge is -2.32. The van der Waals surface area contributed by atoms with Crippen LogP contribution >= 0.6 is 0 Å². The predicted molar refractivity (Wildman–Crippen MR) is 71.9 cm³/mol. The van der Waals surface area contributed by atoms with Gasteiger partial charge in [0.25, 0.3) is 0 Å². The smallest absolute Gasteiger partial charge is 0.496 e. The van der Waals surface area contributed by atoms with Crippen molar-refractivity contribution in [2.24, 2.45) is 0 Å². The average molecular weight is 263 g/mol. The van der Waals surface area contributed by atoms with E-state index in [4.69, 9.17) is 14.0 Å². The van der Waals surface area contributed by atoms with Crippen LogP contribution in [0.2, 0.25) is 0 Å². The molecule has 0 bridgehead atoms. The molecule has 1 aromatic rings. The summed E-state index contributed by atoms with van der Waals surface area (Å²) in [6.07, 6.45) is 2.17. The molecule has 1 aliphatic heterocycles. The molecule has 0 aromatic carbocycles. The summed E-state index contributed by atoms with van der Waals surface area (Å²) in [6.45, 7) is 7.90. The largest absolute Gasteiger partial charge is 0.514 e. The Morgan fingerprint density at radius 2 is 1.84 bits per heavy atom. The zero-order valence-electron chi connectivity index (χ0n) is 11.9. The minimum atomic E-state index is -0.556. The van der Waals surface area contributed by atoms with Crippen molar-refractivity contribution in [3.8, 4) is 5.75 Å². The zero-order chi connectivity index (χ0) is 14.3. The number of hydrogen-bond acceptors (Lipinski definition) is 5. The van der Waals surface area contributed by atoms with Gasteiger partial charge in [-0.25, -0.2) is 0 Å². The molecule has 0 atom stereocenters. The molecular formula is C13H18BNO4. The maximum absolute atomic E-state index is 10.8. The molecule has 2 rings (SSSR count). The van der Waals surface area contributed by atoms with Crippen LogP contribution < -0.4 is 10.3 Å². The van der Waals surface area contributed by atoms with Crippen molar-refractivity contribution in [2.75, 3.05) is 7.11 Å². The minimum absolute atomic E-state index is 0.405. The Kier molecular flexibility index (Phi) is 3.41. The van der Waals surface area contributed by atoms with Gasteiger partial charge in [-0.05, 0) is 33.8 Å². The lowest BCUT2D eigenvalue weighted by atomic mass is 9.84. The lowest BCUT2D eigenvalue weighted by Crippen LogP contribution is -2.41. The zero-order valence-corrected chi connectivity index (χ0v) is 11.9. The molecule has 1 saturated heterocycles. The summed E-state index contributed by atoms with van der Waals surface area (Å²) in [5.74, 6) is 0.467. The first-order valence-electron chi connectivity index (χ1n) is 6.15. The van der Waals surface area contributed by atoms with Crippen LogP contribution in [-0.2, 0) is 9.31 Å². The van der Waals surface area contributed by atoms with E-state index < -0.39 is 18.3 Å². The van der Waals surface area contributed by atoms with Crippen molar-refractivity contribution in [1.82, 2.24) is 4.98 Å². The number of pyridine rings is 1. The summed E-state index contributed by atoms with van der Waals surface area (Å²) in [4.78, 5) is 15.1. The quantitative estimate of drug-likeness (QED) is 0.605. The first kappa shape index (κ1) is 14.0. The van der Waals surface area contributed by atoms with Crippen molar-refractivity contribution in [2.45, 2.75) is 38.9 Å². The number of nitrogens with zero attached hydrogens (tertiary/aromatic N) is 1. The molecule has 1 aliphatic rings. The van der Waals surface area contributed by atoms with Gasteiger partial charge in [-0.15, -0.1) is 0 Å². The Hall–Kier alpha value is -1.40. The predicted octanol–water partition coefficient (Wildman–Crippen LogP) is 1.20. The first-order valence-corrected chi connectivity index (χ1v) is 6.15. The van der Waals surface area contributed by atoms with E-state index >= 15 is 0 Å². The summed E-state index contributed by atoms with van der Waals surface area (Å²) in [5, 5.41) is 0. The fourth-order valence-electron chi connectivity index (χ4n) is 1.82. The maximum atomic E-state index is 10.8. The van der Waals surface area contributed by atoms with Gasteiger partial charge in [0.15, 0.2) is 6.29 Å². The van der Waals surface area contributed by atoms with Crippen LogP contribution in [0.25, 0.3) is 0 Å². The van der Waals surface area contributed by atoms with Crippen LogP contribution in [-0.4, -0.2) is 36.7 Å². The molecule has 2 heterocycles. The van der Waals surface area contributed by atoms with Crippen LogP contribution in [0.1, 0.15) is 38.1 Å². The van der Waals surface area contributed by atoms with Gasteiger partial charge in [0.05, 0.1) is 29.5 Å². The summed E-state index contributed by atoms with van der Waals surface area (Å²) in [6, 6.07) is 1.67. The monoisotopic (exact) mass is 263 g/mol. The van der Waals surface area contributed by atoms with Gasteiger partial charge >= 0.3 is 7.12 Å². The molecule has 1 fully saturated rings. The second-order valence-electron chi connectivity index (χ2n) is 5.56. The number of rotatable bonds is 3. The molecule has 6 heteroatoms. The molecule has 0 N–H and O–H groups in total. The van der Waals surface area contributed by atoms with Gasteiger partial charge in [-0.3, -0.25) is 9.78 Å². The van der Waals surface area contributed by atoms with Crippen molar-refractivity contribution in [3.05, 3.63) is 17.8 Å². The Labute approximate surface area is 113 Å². The molecular weight excluding hydrogens is 245 g/mol. The van der Waals surface area contributed by atoms with E-state index in [0.29, 0.717) is 23.2 Å². The van der Waals surface area contributed by atoms with Gasteiger partial charge < -0.3 is 14.0 Å². The van der Waals surface area contributed by atoms with Gasteiger partial charge in [0, 0.05) is 6.20 Å². The highest BCUT2D eigenvalue weighted by Crippen LogP contribution is 2.36. The van der Waals surface area contributed by atoms with Crippen molar-refractivity contribution in [1.29, 1.82) is 0 Å². The summed E-state index contributed by atoms with van der Waals surface area (Å²) in [7, 11) is 0.954. The molecule has 0 aliphatic carbocycles. The van der Waals surface area contributed by atoms with E-state index in [1.807, 2.05) is 27.7 Å². The van der Waals surface area contributed by atoms with E-state index in [1.165, 1.54) is 13.3 Å². The number of aromatic nitrogens is 1. The third-order valence-electron chi connectivity index (χ3n) is 3.76. The maximum Gasteiger partial charge on any atom is 0.514 e.